The molecule has 1 nitrogen and oxygen atoms in total. The zero-order chi connectivity index (χ0) is 15.8. The number of aryl methyl sites for hydroxylation is 1. The Morgan fingerprint density at radius 2 is 1.48 bits per heavy atom. The van der Waals surface area contributed by atoms with E-state index in [1.54, 1.807) is 0 Å². The van der Waals surface area contributed by atoms with E-state index in [1.165, 1.54) is 33.4 Å². The molecule has 23 heavy (non-hydrogen) atoms. The number of nitrogens with zero attached hydrogens (tertiary/aromatic N) is 1. The van der Waals surface area contributed by atoms with Crippen LogP contribution in [0.25, 0.3) is 27.7 Å². The molecule has 0 amide bonds. The van der Waals surface area contributed by atoms with Crippen LogP contribution < -0.4 is 0 Å². The van der Waals surface area contributed by atoms with Crippen molar-refractivity contribution in [2.45, 2.75) is 6.92 Å². The molecule has 2 heteroatoms. The Bertz CT molecular complexity index is 980. The van der Waals surface area contributed by atoms with E-state index in [0.717, 1.165) is 4.47 Å². The molecule has 0 spiro atoms. The second-order valence-corrected chi connectivity index (χ2v) is 6.65. The molecule has 4 rings (SSSR count). The third-order valence-electron chi connectivity index (χ3n) is 4.21. The van der Waals surface area contributed by atoms with Gasteiger partial charge >= 0.3 is 0 Å². The maximum atomic E-state index is 3.51. The lowest BCUT2D eigenvalue weighted by Gasteiger charge is -2.13. The molecule has 1 heterocycles. The van der Waals surface area contributed by atoms with Crippen LogP contribution in [0.4, 0.5) is 0 Å². The molecule has 0 radical (unpaired) electrons. The van der Waals surface area contributed by atoms with Gasteiger partial charge in [-0.3, -0.25) is 0 Å². The van der Waals surface area contributed by atoms with Crippen molar-refractivity contribution >= 4 is 26.7 Å². The number of halogens is 1. The lowest BCUT2D eigenvalue weighted by Crippen LogP contribution is -1.98. The molecule has 0 fully saturated rings. The van der Waals surface area contributed by atoms with E-state index >= 15 is 0 Å². The van der Waals surface area contributed by atoms with E-state index in [2.05, 4.69) is 106 Å². The number of fused-ring (bicyclic) bond motifs is 1. The molecular formula is C21H16BrN. The fourth-order valence-electron chi connectivity index (χ4n) is 3.04. The van der Waals surface area contributed by atoms with Gasteiger partial charge in [-0.2, -0.15) is 0 Å². The van der Waals surface area contributed by atoms with E-state index < -0.39 is 0 Å². The fourth-order valence-corrected chi connectivity index (χ4v) is 3.31. The molecule has 0 saturated heterocycles. The van der Waals surface area contributed by atoms with Gasteiger partial charge in [-0.15, -0.1) is 0 Å². The first-order valence-corrected chi connectivity index (χ1v) is 8.45. The zero-order valence-electron chi connectivity index (χ0n) is 12.8. The topological polar surface area (TPSA) is 4.93 Å². The summed E-state index contributed by atoms with van der Waals surface area (Å²) in [5.74, 6) is 0. The lowest BCUT2D eigenvalue weighted by atomic mass is 10.1. The Morgan fingerprint density at radius 1 is 0.739 bits per heavy atom. The lowest BCUT2D eigenvalue weighted by molar-refractivity contribution is 1.03. The van der Waals surface area contributed by atoms with Gasteiger partial charge in [0.1, 0.15) is 0 Å². The van der Waals surface area contributed by atoms with Crippen molar-refractivity contribution in [3.8, 4) is 16.9 Å². The Labute approximate surface area is 144 Å². The smallest absolute Gasteiger partial charge is 0.0531 e. The molecule has 0 aliphatic heterocycles. The maximum absolute atomic E-state index is 3.51. The van der Waals surface area contributed by atoms with Gasteiger partial charge in [-0.1, -0.05) is 58.4 Å². The summed E-state index contributed by atoms with van der Waals surface area (Å²) >= 11 is 3.51. The second-order valence-electron chi connectivity index (χ2n) is 5.73. The predicted octanol–water partition coefficient (Wildman–Crippen LogP) is 6.37. The number of hydrogen-bond donors (Lipinski definition) is 0. The summed E-state index contributed by atoms with van der Waals surface area (Å²) in [4.78, 5) is 0. The van der Waals surface area contributed by atoms with Crippen LogP contribution in [0.1, 0.15) is 5.69 Å². The van der Waals surface area contributed by atoms with Crippen LogP contribution in [0.3, 0.4) is 0 Å². The van der Waals surface area contributed by atoms with Gasteiger partial charge in [-0.05, 0) is 59.7 Å². The molecule has 0 aliphatic rings. The van der Waals surface area contributed by atoms with Crippen LogP contribution >= 0.6 is 15.9 Å². The summed E-state index contributed by atoms with van der Waals surface area (Å²) in [6.07, 6.45) is 0. The SMILES string of the molecule is Cc1ccc(-c2ccc(Br)cc2)n1-c1ccc2ccccc2c1. The zero-order valence-corrected chi connectivity index (χ0v) is 14.4. The third-order valence-corrected chi connectivity index (χ3v) is 4.74. The highest BCUT2D eigenvalue weighted by Crippen LogP contribution is 2.29. The van der Waals surface area contributed by atoms with Gasteiger partial charge < -0.3 is 4.57 Å². The fraction of sp³-hybridized carbons (Fsp3) is 0.0476. The highest BCUT2D eigenvalue weighted by atomic mass is 79.9. The number of hydrogen-bond acceptors (Lipinski definition) is 0. The van der Waals surface area contributed by atoms with Crippen molar-refractivity contribution in [2.24, 2.45) is 0 Å². The van der Waals surface area contributed by atoms with Crippen LogP contribution in [-0.4, -0.2) is 4.57 Å². The number of aromatic nitrogens is 1. The number of benzene rings is 3. The van der Waals surface area contributed by atoms with Crippen LogP contribution in [0.2, 0.25) is 0 Å². The van der Waals surface area contributed by atoms with Crippen LogP contribution in [0.15, 0.2) is 83.3 Å². The van der Waals surface area contributed by atoms with Crippen molar-refractivity contribution in [3.05, 3.63) is 89.0 Å². The normalized spacial score (nSPS) is 11.0. The van der Waals surface area contributed by atoms with Gasteiger partial charge in [0.2, 0.25) is 0 Å². The van der Waals surface area contributed by atoms with Gasteiger partial charge in [-0.25, -0.2) is 0 Å². The summed E-state index contributed by atoms with van der Waals surface area (Å²) in [5, 5.41) is 2.53. The van der Waals surface area contributed by atoms with E-state index in [0.29, 0.717) is 0 Å². The number of rotatable bonds is 2. The minimum Gasteiger partial charge on any atom is -0.314 e. The molecule has 0 saturated carbocycles. The summed E-state index contributed by atoms with van der Waals surface area (Å²) < 4.78 is 3.41. The first kappa shape index (κ1) is 14.3. The monoisotopic (exact) mass is 361 g/mol. The van der Waals surface area contributed by atoms with Crippen molar-refractivity contribution < 1.29 is 0 Å². The third kappa shape index (κ3) is 2.60. The van der Waals surface area contributed by atoms with Gasteiger partial charge in [0.15, 0.2) is 0 Å². The van der Waals surface area contributed by atoms with E-state index in [-0.39, 0.29) is 0 Å². The average Bonchev–Trinajstić information content (AvgIpc) is 2.97. The Kier molecular flexibility index (Phi) is 3.55. The molecule has 112 valence electrons. The minimum absolute atomic E-state index is 1.10. The molecule has 0 atom stereocenters. The van der Waals surface area contributed by atoms with E-state index in [4.69, 9.17) is 0 Å². The van der Waals surface area contributed by atoms with Crippen molar-refractivity contribution in [3.63, 3.8) is 0 Å². The average molecular weight is 362 g/mol. The quantitative estimate of drug-likeness (QED) is 0.391. The molecule has 0 bridgehead atoms. The molecule has 4 aromatic rings. The molecule has 0 N–H and O–H groups in total. The highest BCUT2D eigenvalue weighted by Gasteiger charge is 2.10. The summed E-state index contributed by atoms with van der Waals surface area (Å²) in [6.45, 7) is 2.15. The van der Waals surface area contributed by atoms with Crippen molar-refractivity contribution in [1.82, 2.24) is 4.57 Å². The van der Waals surface area contributed by atoms with Crippen molar-refractivity contribution in [1.29, 1.82) is 0 Å². The minimum atomic E-state index is 1.10. The van der Waals surface area contributed by atoms with Crippen LogP contribution in [0, 0.1) is 6.92 Å². The molecule has 0 aliphatic carbocycles. The molecule has 3 aromatic carbocycles. The summed E-state index contributed by atoms with van der Waals surface area (Å²) in [5.41, 5.74) is 4.86. The first-order chi connectivity index (χ1) is 11.2. The largest absolute Gasteiger partial charge is 0.314 e. The molecule has 1 aromatic heterocycles. The predicted molar refractivity (Wildman–Crippen MR) is 101 cm³/mol. The van der Waals surface area contributed by atoms with Crippen LogP contribution in [-0.2, 0) is 0 Å². The first-order valence-electron chi connectivity index (χ1n) is 7.66. The Balaban J connectivity index is 1.90. The summed E-state index contributed by atoms with van der Waals surface area (Å²) in [7, 11) is 0. The Morgan fingerprint density at radius 3 is 2.26 bits per heavy atom. The standard InChI is InChI=1S/C21H16BrN/c1-15-6-13-21(17-7-10-19(22)11-8-17)23(15)20-12-9-16-4-2-3-5-18(16)14-20/h2-14H,1H3. The van der Waals surface area contributed by atoms with Crippen LogP contribution in [0.5, 0.6) is 0 Å². The second kappa shape index (κ2) is 5.71. The van der Waals surface area contributed by atoms with Gasteiger partial charge in [0.05, 0.1) is 5.69 Å². The molecule has 0 unspecified atom stereocenters. The van der Waals surface area contributed by atoms with Gasteiger partial charge in [0.25, 0.3) is 0 Å². The molecular weight excluding hydrogens is 346 g/mol. The van der Waals surface area contributed by atoms with E-state index in [1.807, 2.05) is 0 Å². The Hall–Kier alpha value is -2.32. The summed E-state index contributed by atoms with van der Waals surface area (Å²) in [6, 6.07) is 27.9. The van der Waals surface area contributed by atoms with E-state index in [9.17, 15) is 0 Å². The highest BCUT2D eigenvalue weighted by molar-refractivity contribution is 9.10. The van der Waals surface area contributed by atoms with Crippen molar-refractivity contribution in [2.75, 3.05) is 0 Å². The maximum Gasteiger partial charge on any atom is 0.0531 e. The van der Waals surface area contributed by atoms with Gasteiger partial charge in [0, 0.05) is 15.9 Å².